The first-order valence-electron chi connectivity index (χ1n) is 9.57. The molecule has 28 heavy (non-hydrogen) atoms. The smallest absolute Gasteiger partial charge is 0.264 e. The van der Waals surface area contributed by atoms with Gasteiger partial charge in [0.1, 0.15) is 6.10 Å². The fraction of sp³-hybridized carbons (Fsp3) is 0.381. The molecule has 2 aliphatic rings. The first-order chi connectivity index (χ1) is 13.4. The van der Waals surface area contributed by atoms with Crippen molar-refractivity contribution >= 4 is 21.6 Å². The Hall–Kier alpha value is -2.38. The van der Waals surface area contributed by atoms with Crippen LogP contribution in [0.5, 0.6) is 0 Å². The van der Waals surface area contributed by atoms with E-state index in [4.69, 9.17) is 0 Å². The Kier molecular flexibility index (Phi) is 4.89. The third-order valence-corrected chi connectivity index (χ3v) is 7.32. The molecule has 0 aromatic heterocycles. The Morgan fingerprint density at radius 2 is 1.82 bits per heavy atom. The number of hydrogen-bond donors (Lipinski definition) is 1. The number of benzene rings is 2. The molecule has 2 aromatic rings. The molecular formula is C21H24N2O4S. The number of fused-ring (bicyclic) bond motifs is 2. The van der Waals surface area contributed by atoms with Gasteiger partial charge in [-0.15, -0.1) is 0 Å². The van der Waals surface area contributed by atoms with Gasteiger partial charge in [-0.1, -0.05) is 24.3 Å². The van der Waals surface area contributed by atoms with Crippen LogP contribution in [0.4, 0.5) is 5.69 Å². The van der Waals surface area contributed by atoms with Gasteiger partial charge in [0.05, 0.1) is 10.6 Å². The fourth-order valence-electron chi connectivity index (χ4n) is 4.02. The lowest BCUT2D eigenvalue weighted by Crippen LogP contribution is -2.41. The number of hydrogen-bond acceptors (Lipinski definition) is 4. The molecule has 0 fully saturated rings. The van der Waals surface area contributed by atoms with Gasteiger partial charge in [0.15, 0.2) is 0 Å². The van der Waals surface area contributed by atoms with E-state index >= 15 is 0 Å². The van der Waals surface area contributed by atoms with Gasteiger partial charge in [-0.3, -0.25) is 9.10 Å². The molecule has 0 saturated carbocycles. The van der Waals surface area contributed by atoms with Gasteiger partial charge in [-0.2, -0.15) is 0 Å². The van der Waals surface area contributed by atoms with Gasteiger partial charge in [-0.25, -0.2) is 8.42 Å². The molecule has 0 unspecified atom stereocenters. The topological polar surface area (TPSA) is 77.9 Å². The van der Waals surface area contributed by atoms with E-state index in [9.17, 15) is 18.3 Å². The van der Waals surface area contributed by atoms with E-state index in [1.54, 1.807) is 17.0 Å². The summed E-state index contributed by atoms with van der Waals surface area (Å²) in [6, 6.07) is 12.8. The maximum atomic E-state index is 13.4. The van der Waals surface area contributed by atoms with Crippen molar-refractivity contribution in [2.24, 2.45) is 0 Å². The molecule has 2 aliphatic heterocycles. The van der Waals surface area contributed by atoms with Crippen LogP contribution in [-0.2, 0) is 34.2 Å². The number of aliphatic hydroxyl groups excluding tert-OH is 1. The molecule has 0 saturated heterocycles. The summed E-state index contributed by atoms with van der Waals surface area (Å²) in [6.45, 7) is 2.76. The Bertz CT molecular complexity index is 1020. The summed E-state index contributed by atoms with van der Waals surface area (Å²) in [7, 11) is -3.68. The zero-order chi connectivity index (χ0) is 19.9. The highest BCUT2D eigenvalue weighted by atomic mass is 32.2. The highest BCUT2D eigenvalue weighted by Crippen LogP contribution is 2.33. The summed E-state index contributed by atoms with van der Waals surface area (Å²) in [5, 5.41) is 9.57. The average Bonchev–Trinajstić information content (AvgIpc) is 2.71. The summed E-state index contributed by atoms with van der Waals surface area (Å²) in [6.07, 6.45) is 1.26. The van der Waals surface area contributed by atoms with Crippen LogP contribution >= 0.6 is 0 Å². The van der Waals surface area contributed by atoms with Crippen LogP contribution in [0.1, 0.15) is 30.0 Å². The molecule has 148 valence electrons. The van der Waals surface area contributed by atoms with Crippen LogP contribution in [0.25, 0.3) is 0 Å². The molecule has 2 heterocycles. The summed E-state index contributed by atoms with van der Waals surface area (Å²) in [5.41, 5.74) is 3.67. The lowest BCUT2D eigenvalue weighted by molar-refractivity contribution is -0.140. The van der Waals surface area contributed by atoms with Crippen LogP contribution < -0.4 is 4.31 Å². The van der Waals surface area contributed by atoms with Crippen LogP contribution in [-0.4, -0.2) is 43.5 Å². The highest BCUT2D eigenvalue weighted by Gasteiger charge is 2.30. The number of aryl methyl sites for hydroxylation is 1. The van der Waals surface area contributed by atoms with Crippen LogP contribution in [0.2, 0.25) is 0 Å². The molecule has 1 atom stereocenters. The number of carbonyl (C=O) groups is 1. The third-order valence-electron chi connectivity index (χ3n) is 5.51. The number of sulfonamides is 1. The summed E-state index contributed by atoms with van der Waals surface area (Å²) in [4.78, 5) is 14.0. The second-order valence-corrected chi connectivity index (χ2v) is 9.29. The minimum absolute atomic E-state index is 0.245. The van der Waals surface area contributed by atoms with Gasteiger partial charge in [0.2, 0.25) is 0 Å². The SMILES string of the molecule is C[C@H](O)C(=O)N1CCc2ccc(S(=O)(=O)N3CCCc4ccccc43)cc2C1. The molecule has 0 radical (unpaired) electrons. The molecule has 4 rings (SSSR count). The largest absolute Gasteiger partial charge is 0.384 e. The quantitative estimate of drug-likeness (QED) is 0.856. The number of carbonyl (C=O) groups excluding carboxylic acids is 1. The van der Waals surface area contributed by atoms with Crippen molar-refractivity contribution in [3.05, 3.63) is 59.2 Å². The predicted octanol–water partition coefficient (Wildman–Crippen LogP) is 2.09. The van der Waals surface area contributed by atoms with Gasteiger partial charge in [0.25, 0.3) is 15.9 Å². The van der Waals surface area contributed by atoms with Crippen molar-refractivity contribution in [1.29, 1.82) is 0 Å². The number of para-hydroxylation sites is 1. The van der Waals surface area contributed by atoms with E-state index in [-0.39, 0.29) is 10.8 Å². The van der Waals surface area contributed by atoms with Crippen molar-refractivity contribution in [3.8, 4) is 0 Å². The summed E-state index contributed by atoms with van der Waals surface area (Å²) in [5.74, 6) is -0.330. The second kappa shape index (κ2) is 7.22. The second-order valence-electron chi connectivity index (χ2n) is 7.43. The van der Waals surface area contributed by atoms with Gasteiger partial charge in [0, 0.05) is 19.6 Å². The van der Waals surface area contributed by atoms with Gasteiger partial charge < -0.3 is 10.0 Å². The molecule has 2 aromatic carbocycles. The van der Waals surface area contributed by atoms with Crippen molar-refractivity contribution in [3.63, 3.8) is 0 Å². The van der Waals surface area contributed by atoms with Crippen LogP contribution in [0.15, 0.2) is 47.4 Å². The lowest BCUT2D eigenvalue weighted by atomic mass is 9.99. The third kappa shape index (κ3) is 3.29. The molecular weight excluding hydrogens is 376 g/mol. The van der Waals surface area contributed by atoms with Crippen LogP contribution in [0, 0.1) is 0 Å². The molecule has 7 heteroatoms. The Morgan fingerprint density at radius 3 is 2.61 bits per heavy atom. The monoisotopic (exact) mass is 400 g/mol. The maximum Gasteiger partial charge on any atom is 0.264 e. The van der Waals surface area contributed by atoms with Crippen LogP contribution in [0.3, 0.4) is 0 Å². The van der Waals surface area contributed by atoms with Crippen molar-refractivity contribution < 1.29 is 18.3 Å². The van der Waals surface area contributed by atoms with E-state index in [1.807, 2.05) is 30.3 Å². The molecule has 1 N–H and O–H groups in total. The maximum absolute atomic E-state index is 13.4. The predicted molar refractivity (Wildman–Crippen MR) is 107 cm³/mol. The summed E-state index contributed by atoms with van der Waals surface area (Å²) >= 11 is 0. The molecule has 6 nitrogen and oxygen atoms in total. The van der Waals surface area contributed by atoms with E-state index in [0.29, 0.717) is 26.1 Å². The zero-order valence-corrected chi connectivity index (χ0v) is 16.7. The van der Waals surface area contributed by atoms with E-state index in [1.165, 1.54) is 11.2 Å². The van der Waals surface area contributed by atoms with E-state index in [2.05, 4.69) is 0 Å². The van der Waals surface area contributed by atoms with E-state index < -0.39 is 16.1 Å². The first kappa shape index (κ1) is 19.0. The Morgan fingerprint density at radius 1 is 1.04 bits per heavy atom. The fourth-order valence-corrected chi connectivity index (χ4v) is 5.61. The number of anilines is 1. The molecule has 0 aliphatic carbocycles. The Labute approximate surface area is 165 Å². The number of amides is 1. The number of aliphatic hydroxyl groups is 1. The molecule has 0 spiro atoms. The zero-order valence-electron chi connectivity index (χ0n) is 15.8. The average molecular weight is 401 g/mol. The lowest BCUT2D eigenvalue weighted by Gasteiger charge is -2.32. The number of rotatable bonds is 3. The summed E-state index contributed by atoms with van der Waals surface area (Å²) < 4.78 is 28.2. The van der Waals surface area contributed by atoms with E-state index in [0.717, 1.165) is 35.2 Å². The normalized spacial score (nSPS) is 17.6. The number of nitrogens with zero attached hydrogens (tertiary/aromatic N) is 2. The highest BCUT2D eigenvalue weighted by molar-refractivity contribution is 7.92. The first-order valence-corrected chi connectivity index (χ1v) is 11.0. The minimum atomic E-state index is -3.68. The van der Waals surface area contributed by atoms with Crippen molar-refractivity contribution in [2.75, 3.05) is 17.4 Å². The minimum Gasteiger partial charge on any atom is -0.384 e. The Balaban J connectivity index is 1.68. The van der Waals surface area contributed by atoms with Crippen molar-refractivity contribution in [2.45, 2.75) is 43.7 Å². The van der Waals surface area contributed by atoms with Crippen molar-refractivity contribution in [1.82, 2.24) is 4.90 Å². The standard InChI is InChI=1S/C21H24N2O4S/c1-15(24)21(25)22-12-10-16-8-9-19(13-18(16)14-22)28(26,27)23-11-4-6-17-5-2-3-7-20(17)23/h2-3,5,7-9,13,15,24H,4,6,10-12,14H2,1H3/t15-/m0/s1. The molecule has 0 bridgehead atoms. The van der Waals surface area contributed by atoms with Gasteiger partial charge >= 0.3 is 0 Å². The van der Waals surface area contributed by atoms with Gasteiger partial charge in [-0.05, 0) is 61.1 Å². The molecule has 1 amide bonds.